The summed E-state index contributed by atoms with van der Waals surface area (Å²) in [6.45, 7) is 4.26. The summed E-state index contributed by atoms with van der Waals surface area (Å²) < 4.78 is 2.22. The predicted molar refractivity (Wildman–Crippen MR) is 119 cm³/mol. The fraction of sp³-hybridized carbons (Fsp3) is 0.318. The molecule has 29 heavy (non-hydrogen) atoms. The smallest absolute Gasteiger partial charge is 0.234 e. The highest BCUT2D eigenvalue weighted by Gasteiger charge is 2.30. The Morgan fingerprint density at radius 2 is 1.83 bits per heavy atom. The van der Waals surface area contributed by atoms with Crippen LogP contribution in [0.1, 0.15) is 44.5 Å². The number of hydrogen-bond donors (Lipinski definition) is 1. The fourth-order valence-corrected chi connectivity index (χ4v) is 4.78. The van der Waals surface area contributed by atoms with Crippen molar-refractivity contribution in [1.29, 1.82) is 0 Å². The van der Waals surface area contributed by atoms with E-state index in [0.717, 1.165) is 26.5 Å². The van der Waals surface area contributed by atoms with Crippen LogP contribution in [0.25, 0.3) is 0 Å². The van der Waals surface area contributed by atoms with Crippen LogP contribution in [-0.2, 0) is 4.79 Å². The number of hydrogen-bond acceptors (Lipinski definition) is 5. The molecule has 5 nitrogen and oxygen atoms in total. The van der Waals surface area contributed by atoms with Crippen molar-refractivity contribution in [3.8, 4) is 0 Å². The first-order chi connectivity index (χ1) is 14.1. The van der Waals surface area contributed by atoms with Gasteiger partial charge in [0.2, 0.25) is 5.91 Å². The minimum Gasteiger partial charge on any atom is -0.324 e. The third kappa shape index (κ3) is 5.03. The van der Waals surface area contributed by atoms with E-state index in [2.05, 4.69) is 46.1 Å². The molecule has 0 unspecified atom stereocenters. The molecule has 1 amide bonds. The Morgan fingerprint density at radius 3 is 2.55 bits per heavy atom. The third-order valence-electron chi connectivity index (χ3n) is 4.58. The van der Waals surface area contributed by atoms with Crippen molar-refractivity contribution in [2.75, 3.05) is 11.1 Å². The van der Waals surface area contributed by atoms with Crippen molar-refractivity contribution in [2.45, 2.75) is 53.6 Å². The summed E-state index contributed by atoms with van der Waals surface area (Å²) in [4.78, 5) is 14.8. The van der Waals surface area contributed by atoms with Crippen molar-refractivity contribution < 1.29 is 4.79 Å². The first kappa shape index (κ1) is 20.0. The molecule has 1 aliphatic carbocycles. The summed E-state index contributed by atoms with van der Waals surface area (Å²) in [6.07, 6.45) is 2.34. The zero-order valence-corrected chi connectivity index (χ0v) is 18.2. The topological polar surface area (TPSA) is 59.8 Å². The summed E-state index contributed by atoms with van der Waals surface area (Å²) in [5.41, 5.74) is 0.832. The largest absolute Gasteiger partial charge is 0.324 e. The standard InChI is InChI=1S/C22H24N4OS2/c1-15(2)21-24-25-22(26(21)16-12-13-16)28-14-20(27)23-18-10-6-7-11-19(18)29-17-8-4-3-5-9-17/h3-11,15-16H,12-14H2,1-2H3,(H,23,27). The molecule has 150 valence electrons. The third-order valence-corrected chi connectivity index (χ3v) is 6.61. The van der Waals surface area contributed by atoms with Crippen LogP contribution in [0.3, 0.4) is 0 Å². The molecule has 1 aromatic heterocycles. The molecular formula is C22H24N4OS2. The van der Waals surface area contributed by atoms with E-state index in [-0.39, 0.29) is 5.91 Å². The van der Waals surface area contributed by atoms with Gasteiger partial charge in [-0.25, -0.2) is 0 Å². The van der Waals surface area contributed by atoms with Crippen LogP contribution in [0.15, 0.2) is 69.5 Å². The first-order valence-corrected chi connectivity index (χ1v) is 11.6. The van der Waals surface area contributed by atoms with Gasteiger partial charge in [0.05, 0.1) is 11.4 Å². The molecule has 1 heterocycles. The molecule has 0 atom stereocenters. The number of nitrogens with zero attached hydrogens (tertiary/aromatic N) is 3. The van der Waals surface area contributed by atoms with Crippen molar-refractivity contribution >= 4 is 35.1 Å². The second-order valence-electron chi connectivity index (χ2n) is 7.34. The molecule has 0 radical (unpaired) electrons. The van der Waals surface area contributed by atoms with Crippen LogP contribution < -0.4 is 5.32 Å². The molecule has 3 aromatic rings. The molecule has 1 N–H and O–H groups in total. The Hall–Kier alpha value is -2.25. The summed E-state index contributed by atoms with van der Waals surface area (Å²) in [7, 11) is 0. The molecule has 2 aromatic carbocycles. The molecule has 1 saturated carbocycles. The van der Waals surface area contributed by atoms with Crippen molar-refractivity contribution in [2.24, 2.45) is 0 Å². The maximum absolute atomic E-state index is 12.6. The minimum atomic E-state index is -0.0347. The lowest BCUT2D eigenvalue weighted by atomic mass is 10.2. The lowest BCUT2D eigenvalue weighted by Gasteiger charge is -2.12. The van der Waals surface area contributed by atoms with Gasteiger partial charge in [0, 0.05) is 21.8 Å². The second kappa shape index (κ2) is 9.05. The number of carbonyl (C=O) groups excluding carboxylic acids is 1. The Balaban J connectivity index is 1.41. The van der Waals surface area contributed by atoms with Crippen LogP contribution in [0.2, 0.25) is 0 Å². The summed E-state index contributed by atoms with van der Waals surface area (Å²) in [5.74, 6) is 1.62. The molecule has 0 spiro atoms. The van der Waals surface area contributed by atoms with Crippen LogP contribution in [0.5, 0.6) is 0 Å². The van der Waals surface area contributed by atoms with E-state index in [1.165, 1.54) is 24.6 Å². The van der Waals surface area contributed by atoms with E-state index in [1.54, 1.807) is 11.8 Å². The highest BCUT2D eigenvalue weighted by Crippen LogP contribution is 2.40. The predicted octanol–water partition coefficient (Wildman–Crippen LogP) is 5.62. The lowest BCUT2D eigenvalue weighted by Crippen LogP contribution is -2.15. The number of benzene rings is 2. The van der Waals surface area contributed by atoms with Gasteiger partial charge in [-0.15, -0.1) is 10.2 Å². The van der Waals surface area contributed by atoms with E-state index in [1.807, 2.05) is 42.5 Å². The summed E-state index contributed by atoms with van der Waals surface area (Å²) >= 11 is 3.11. The zero-order chi connectivity index (χ0) is 20.2. The number of aromatic nitrogens is 3. The Labute approximate surface area is 179 Å². The van der Waals surface area contributed by atoms with E-state index < -0.39 is 0 Å². The highest BCUT2D eigenvalue weighted by atomic mass is 32.2. The number of nitrogens with one attached hydrogen (secondary N) is 1. The van der Waals surface area contributed by atoms with E-state index >= 15 is 0 Å². The zero-order valence-electron chi connectivity index (χ0n) is 16.5. The van der Waals surface area contributed by atoms with Gasteiger partial charge in [0.25, 0.3) is 0 Å². The van der Waals surface area contributed by atoms with Crippen LogP contribution >= 0.6 is 23.5 Å². The molecule has 0 aliphatic heterocycles. The summed E-state index contributed by atoms with van der Waals surface area (Å²) in [6, 6.07) is 18.6. The van der Waals surface area contributed by atoms with E-state index in [4.69, 9.17) is 0 Å². The average molecular weight is 425 g/mol. The molecule has 0 saturated heterocycles. The van der Waals surface area contributed by atoms with Gasteiger partial charge in [-0.3, -0.25) is 4.79 Å². The lowest BCUT2D eigenvalue weighted by molar-refractivity contribution is -0.113. The number of thioether (sulfide) groups is 1. The van der Waals surface area contributed by atoms with Crippen molar-refractivity contribution in [1.82, 2.24) is 14.8 Å². The monoisotopic (exact) mass is 424 g/mol. The van der Waals surface area contributed by atoms with Crippen molar-refractivity contribution in [3.05, 3.63) is 60.4 Å². The Morgan fingerprint density at radius 1 is 1.10 bits per heavy atom. The molecule has 1 fully saturated rings. The van der Waals surface area contributed by atoms with Gasteiger partial charge < -0.3 is 9.88 Å². The Kier molecular flexibility index (Phi) is 6.25. The van der Waals surface area contributed by atoms with Gasteiger partial charge in [-0.05, 0) is 37.1 Å². The van der Waals surface area contributed by atoms with Gasteiger partial charge >= 0.3 is 0 Å². The number of rotatable bonds is 8. The van der Waals surface area contributed by atoms with Gasteiger partial charge in [-0.1, -0.05) is 67.7 Å². The van der Waals surface area contributed by atoms with Crippen LogP contribution in [-0.4, -0.2) is 26.4 Å². The maximum atomic E-state index is 12.6. The van der Waals surface area contributed by atoms with Gasteiger partial charge in [0.1, 0.15) is 5.82 Å². The highest BCUT2D eigenvalue weighted by molar-refractivity contribution is 8.00. The SMILES string of the molecule is CC(C)c1nnc(SCC(=O)Nc2ccccc2Sc2ccccc2)n1C1CC1. The maximum Gasteiger partial charge on any atom is 0.234 e. The normalized spacial score (nSPS) is 13.6. The van der Waals surface area contributed by atoms with Crippen LogP contribution in [0.4, 0.5) is 5.69 Å². The average Bonchev–Trinajstić information content (AvgIpc) is 3.47. The minimum absolute atomic E-state index is 0.0347. The molecule has 0 bridgehead atoms. The second-order valence-corrected chi connectivity index (χ2v) is 9.40. The van der Waals surface area contributed by atoms with Crippen LogP contribution in [0, 0.1) is 0 Å². The van der Waals surface area contributed by atoms with Gasteiger partial charge in [-0.2, -0.15) is 0 Å². The number of anilines is 1. The number of carbonyl (C=O) groups is 1. The number of para-hydroxylation sites is 1. The van der Waals surface area contributed by atoms with E-state index in [0.29, 0.717) is 17.7 Å². The quantitative estimate of drug-likeness (QED) is 0.476. The van der Waals surface area contributed by atoms with Gasteiger partial charge in [0.15, 0.2) is 5.16 Å². The molecular weight excluding hydrogens is 400 g/mol. The molecule has 7 heteroatoms. The Bertz CT molecular complexity index is 983. The summed E-state index contributed by atoms with van der Waals surface area (Å²) in [5, 5.41) is 12.6. The van der Waals surface area contributed by atoms with E-state index in [9.17, 15) is 4.79 Å². The molecule has 1 aliphatic rings. The fourth-order valence-electron chi connectivity index (χ4n) is 3.05. The molecule has 4 rings (SSSR count). The van der Waals surface area contributed by atoms with Crippen molar-refractivity contribution in [3.63, 3.8) is 0 Å². The number of amides is 1. The first-order valence-electron chi connectivity index (χ1n) is 9.81.